The molecule has 0 radical (unpaired) electrons. The minimum atomic E-state index is -0.0588. The molecule has 3 aromatic rings. The number of fused-ring (bicyclic) bond motifs is 1. The average molecular weight is 349 g/mol. The number of hydrogen-bond acceptors (Lipinski definition) is 4. The van der Waals surface area contributed by atoms with Gasteiger partial charge in [0.2, 0.25) is 0 Å². The molecule has 0 aliphatic carbocycles. The van der Waals surface area contributed by atoms with Crippen LogP contribution in [0.3, 0.4) is 0 Å². The summed E-state index contributed by atoms with van der Waals surface area (Å²) in [6.07, 6.45) is 3.35. The first-order chi connectivity index (χ1) is 12.7. The third kappa shape index (κ3) is 3.48. The van der Waals surface area contributed by atoms with Gasteiger partial charge in [-0.3, -0.25) is 9.69 Å². The number of H-pyrrole nitrogens is 1. The van der Waals surface area contributed by atoms with Crippen LogP contribution in [0.15, 0.2) is 53.3 Å². The quantitative estimate of drug-likeness (QED) is 0.769. The zero-order chi connectivity index (χ0) is 17.9. The van der Waals surface area contributed by atoms with Crippen LogP contribution in [0.2, 0.25) is 0 Å². The van der Waals surface area contributed by atoms with Crippen molar-refractivity contribution in [2.45, 2.75) is 31.8 Å². The zero-order valence-corrected chi connectivity index (χ0v) is 14.9. The molecule has 1 N–H and O–H groups in total. The Bertz CT molecular complexity index is 949. The molecule has 0 spiro atoms. The fourth-order valence-corrected chi connectivity index (χ4v) is 3.77. The lowest BCUT2D eigenvalue weighted by Gasteiger charge is -2.24. The van der Waals surface area contributed by atoms with E-state index in [1.54, 1.807) is 7.11 Å². The van der Waals surface area contributed by atoms with Crippen LogP contribution in [-0.2, 0) is 13.0 Å². The first-order valence-electron chi connectivity index (χ1n) is 9.08. The molecule has 4 rings (SSSR count). The third-order valence-corrected chi connectivity index (χ3v) is 5.14. The van der Waals surface area contributed by atoms with Gasteiger partial charge in [-0.1, -0.05) is 24.3 Å². The summed E-state index contributed by atoms with van der Waals surface area (Å²) in [4.78, 5) is 22.3. The molecule has 5 heteroatoms. The SMILES string of the molecule is COc1ccc(CC2CCCN2Cc2nc3ccccc3c(=O)[nH]2)cc1. The largest absolute Gasteiger partial charge is 0.497 e. The molecule has 1 aliphatic rings. The van der Waals surface area contributed by atoms with Gasteiger partial charge in [0.25, 0.3) is 5.56 Å². The molecule has 2 heterocycles. The molecule has 1 saturated heterocycles. The van der Waals surface area contributed by atoms with E-state index in [0.717, 1.165) is 30.1 Å². The molecule has 0 saturated carbocycles. The van der Waals surface area contributed by atoms with E-state index < -0.39 is 0 Å². The normalized spacial score (nSPS) is 17.7. The summed E-state index contributed by atoms with van der Waals surface area (Å²) in [5.74, 6) is 1.63. The molecule has 1 aliphatic heterocycles. The average Bonchev–Trinajstić information content (AvgIpc) is 3.09. The first kappa shape index (κ1) is 16.8. The Morgan fingerprint density at radius 2 is 2.00 bits per heavy atom. The maximum Gasteiger partial charge on any atom is 0.258 e. The Labute approximate surface area is 152 Å². The van der Waals surface area contributed by atoms with Crippen molar-refractivity contribution >= 4 is 10.9 Å². The van der Waals surface area contributed by atoms with Crippen LogP contribution in [0.4, 0.5) is 0 Å². The van der Waals surface area contributed by atoms with Crippen molar-refractivity contribution < 1.29 is 4.74 Å². The number of benzene rings is 2. The molecule has 0 amide bonds. The van der Waals surface area contributed by atoms with Gasteiger partial charge in [0.15, 0.2) is 0 Å². The third-order valence-electron chi connectivity index (χ3n) is 5.14. The highest BCUT2D eigenvalue weighted by atomic mass is 16.5. The number of rotatable bonds is 5. The Balaban J connectivity index is 1.50. The predicted octanol–water partition coefficient (Wildman–Crippen LogP) is 3.14. The summed E-state index contributed by atoms with van der Waals surface area (Å²) in [5.41, 5.74) is 2.01. The highest BCUT2D eigenvalue weighted by Gasteiger charge is 2.25. The number of methoxy groups -OCH3 is 1. The number of aromatic amines is 1. The minimum absolute atomic E-state index is 0.0588. The van der Waals surface area contributed by atoms with Crippen LogP contribution in [0.25, 0.3) is 10.9 Å². The highest BCUT2D eigenvalue weighted by molar-refractivity contribution is 5.77. The molecule has 1 fully saturated rings. The second kappa shape index (κ2) is 7.30. The van der Waals surface area contributed by atoms with Gasteiger partial charge >= 0.3 is 0 Å². The number of likely N-dealkylation sites (tertiary alicyclic amines) is 1. The lowest BCUT2D eigenvalue weighted by atomic mass is 10.0. The van der Waals surface area contributed by atoms with Crippen molar-refractivity contribution in [3.63, 3.8) is 0 Å². The number of para-hydroxylation sites is 1. The summed E-state index contributed by atoms with van der Waals surface area (Å²) in [6.45, 7) is 1.72. The molecular formula is C21H23N3O2. The van der Waals surface area contributed by atoms with Gasteiger partial charge in [0, 0.05) is 6.04 Å². The van der Waals surface area contributed by atoms with Crippen molar-refractivity contribution in [1.29, 1.82) is 0 Å². The van der Waals surface area contributed by atoms with Crippen molar-refractivity contribution in [3.8, 4) is 5.75 Å². The van der Waals surface area contributed by atoms with Crippen LogP contribution in [0, 0.1) is 0 Å². The van der Waals surface area contributed by atoms with Gasteiger partial charge in [-0.2, -0.15) is 0 Å². The summed E-state index contributed by atoms with van der Waals surface area (Å²) >= 11 is 0. The summed E-state index contributed by atoms with van der Waals surface area (Å²) in [7, 11) is 1.69. The molecule has 26 heavy (non-hydrogen) atoms. The molecule has 0 bridgehead atoms. The Kier molecular flexibility index (Phi) is 4.71. The molecule has 1 aromatic heterocycles. The summed E-state index contributed by atoms with van der Waals surface area (Å²) in [5, 5.41) is 0.646. The molecular weight excluding hydrogens is 326 g/mol. The monoisotopic (exact) mass is 349 g/mol. The van der Waals surface area contributed by atoms with Gasteiger partial charge in [0.1, 0.15) is 11.6 Å². The second-order valence-corrected chi connectivity index (χ2v) is 6.85. The van der Waals surface area contributed by atoms with Crippen LogP contribution < -0.4 is 10.3 Å². The Morgan fingerprint density at radius 1 is 1.19 bits per heavy atom. The lowest BCUT2D eigenvalue weighted by molar-refractivity contribution is 0.238. The van der Waals surface area contributed by atoms with E-state index in [4.69, 9.17) is 4.74 Å². The maximum atomic E-state index is 12.3. The predicted molar refractivity (Wildman–Crippen MR) is 102 cm³/mol. The number of nitrogens with zero attached hydrogens (tertiary/aromatic N) is 2. The summed E-state index contributed by atoms with van der Waals surface area (Å²) in [6, 6.07) is 16.2. The van der Waals surface area contributed by atoms with Crippen LogP contribution in [0.5, 0.6) is 5.75 Å². The number of nitrogens with one attached hydrogen (secondary N) is 1. The van der Waals surface area contributed by atoms with Crippen LogP contribution in [0.1, 0.15) is 24.2 Å². The van der Waals surface area contributed by atoms with E-state index in [1.807, 2.05) is 36.4 Å². The molecule has 2 aromatic carbocycles. The van der Waals surface area contributed by atoms with Gasteiger partial charge in [-0.05, 0) is 55.6 Å². The molecule has 5 nitrogen and oxygen atoms in total. The van der Waals surface area contributed by atoms with E-state index in [0.29, 0.717) is 18.0 Å². The minimum Gasteiger partial charge on any atom is -0.497 e. The summed E-state index contributed by atoms with van der Waals surface area (Å²) < 4.78 is 5.23. The first-order valence-corrected chi connectivity index (χ1v) is 9.08. The van der Waals surface area contributed by atoms with Crippen molar-refractivity contribution in [2.24, 2.45) is 0 Å². The molecule has 1 atom stereocenters. The van der Waals surface area contributed by atoms with E-state index in [2.05, 4.69) is 27.0 Å². The fourth-order valence-electron chi connectivity index (χ4n) is 3.77. The maximum absolute atomic E-state index is 12.3. The molecule has 1 unspecified atom stereocenters. The van der Waals surface area contributed by atoms with Gasteiger partial charge in [0.05, 0.1) is 24.6 Å². The van der Waals surface area contributed by atoms with E-state index in [-0.39, 0.29) is 5.56 Å². The van der Waals surface area contributed by atoms with E-state index in [9.17, 15) is 4.79 Å². The van der Waals surface area contributed by atoms with Crippen LogP contribution >= 0.6 is 0 Å². The highest BCUT2D eigenvalue weighted by Crippen LogP contribution is 2.23. The Morgan fingerprint density at radius 3 is 2.81 bits per heavy atom. The van der Waals surface area contributed by atoms with Gasteiger partial charge < -0.3 is 9.72 Å². The number of aromatic nitrogens is 2. The van der Waals surface area contributed by atoms with Gasteiger partial charge in [-0.15, -0.1) is 0 Å². The topological polar surface area (TPSA) is 58.2 Å². The zero-order valence-electron chi connectivity index (χ0n) is 14.9. The van der Waals surface area contributed by atoms with E-state index >= 15 is 0 Å². The van der Waals surface area contributed by atoms with Crippen molar-refractivity contribution in [1.82, 2.24) is 14.9 Å². The van der Waals surface area contributed by atoms with Crippen LogP contribution in [-0.4, -0.2) is 34.6 Å². The molecule has 134 valence electrons. The fraction of sp³-hybridized carbons (Fsp3) is 0.333. The van der Waals surface area contributed by atoms with Gasteiger partial charge in [-0.25, -0.2) is 4.98 Å². The lowest BCUT2D eigenvalue weighted by Crippen LogP contribution is -2.32. The number of ether oxygens (including phenoxy) is 1. The second-order valence-electron chi connectivity index (χ2n) is 6.85. The standard InChI is InChI=1S/C21H23N3O2/c1-26-17-10-8-15(9-11-17)13-16-5-4-12-24(16)14-20-22-19-7-3-2-6-18(19)21(25)23-20/h2-3,6-11,16H,4-5,12-14H2,1H3,(H,22,23,25). The van der Waals surface area contributed by atoms with Crippen molar-refractivity contribution in [3.05, 3.63) is 70.3 Å². The van der Waals surface area contributed by atoms with E-state index in [1.165, 1.54) is 18.4 Å². The Hall–Kier alpha value is -2.66. The smallest absolute Gasteiger partial charge is 0.258 e. The number of hydrogen-bond donors (Lipinski definition) is 1. The van der Waals surface area contributed by atoms with Crippen molar-refractivity contribution in [2.75, 3.05) is 13.7 Å².